The van der Waals surface area contributed by atoms with Crippen molar-refractivity contribution in [3.8, 4) is 0 Å². The topological polar surface area (TPSA) is 23.5 Å². The van der Waals surface area contributed by atoms with Crippen molar-refractivity contribution in [2.75, 3.05) is 13.1 Å². The van der Waals surface area contributed by atoms with Gasteiger partial charge in [0.05, 0.1) is 6.10 Å². The Morgan fingerprint density at radius 3 is 2.52 bits per heavy atom. The third-order valence-corrected chi connectivity index (χ3v) is 4.51. The van der Waals surface area contributed by atoms with Crippen LogP contribution in [0.15, 0.2) is 42.5 Å². The van der Waals surface area contributed by atoms with Gasteiger partial charge in [0, 0.05) is 19.1 Å². The van der Waals surface area contributed by atoms with Gasteiger partial charge >= 0.3 is 0 Å². The Morgan fingerprint density at radius 1 is 1.10 bits per heavy atom. The molecule has 0 radical (unpaired) electrons. The molecule has 0 aromatic heterocycles. The molecule has 1 atom stereocenters. The fraction of sp³-hybridized carbons (Fsp3) is 0.474. The Kier molecular flexibility index (Phi) is 4.27. The van der Waals surface area contributed by atoms with E-state index in [1.807, 2.05) is 18.2 Å². The van der Waals surface area contributed by atoms with Gasteiger partial charge in [-0.25, -0.2) is 0 Å². The van der Waals surface area contributed by atoms with Crippen LogP contribution in [0.3, 0.4) is 0 Å². The largest absolute Gasteiger partial charge is 0.387 e. The summed E-state index contributed by atoms with van der Waals surface area (Å²) < 4.78 is 0. The van der Waals surface area contributed by atoms with Crippen molar-refractivity contribution in [2.45, 2.75) is 38.8 Å². The van der Waals surface area contributed by atoms with Gasteiger partial charge in [-0.3, -0.25) is 4.90 Å². The molecule has 2 aromatic rings. The normalized spacial score (nSPS) is 16.8. The second-order valence-electron chi connectivity index (χ2n) is 6.58. The maximum absolute atomic E-state index is 10.7. The van der Waals surface area contributed by atoms with Gasteiger partial charge in [0.2, 0.25) is 0 Å². The quantitative estimate of drug-likeness (QED) is 0.866. The minimum atomic E-state index is -0.419. The summed E-state index contributed by atoms with van der Waals surface area (Å²) in [7, 11) is 0. The fourth-order valence-corrected chi connectivity index (χ4v) is 2.99. The maximum atomic E-state index is 10.7. The van der Waals surface area contributed by atoms with E-state index in [4.69, 9.17) is 0 Å². The Bertz CT molecular complexity index is 598. The minimum Gasteiger partial charge on any atom is -0.387 e. The van der Waals surface area contributed by atoms with Crippen LogP contribution in [0.1, 0.15) is 38.4 Å². The molecule has 0 amide bonds. The van der Waals surface area contributed by atoms with E-state index in [-0.39, 0.29) is 0 Å². The van der Waals surface area contributed by atoms with E-state index in [0.29, 0.717) is 6.04 Å². The second-order valence-corrected chi connectivity index (χ2v) is 6.58. The van der Waals surface area contributed by atoms with E-state index in [9.17, 15) is 5.11 Å². The highest BCUT2D eigenvalue weighted by Gasteiger charge is 2.27. The Hall–Kier alpha value is -1.38. The molecule has 1 unspecified atom stereocenters. The van der Waals surface area contributed by atoms with Crippen molar-refractivity contribution in [3.05, 3.63) is 48.0 Å². The molecule has 1 aliphatic carbocycles. The van der Waals surface area contributed by atoms with Gasteiger partial charge in [-0.2, -0.15) is 0 Å². The molecule has 0 aliphatic heterocycles. The highest BCUT2D eigenvalue weighted by Crippen LogP contribution is 2.31. The minimum absolute atomic E-state index is 0.419. The zero-order chi connectivity index (χ0) is 14.8. The van der Waals surface area contributed by atoms with Crippen molar-refractivity contribution in [2.24, 2.45) is 5.92 Å². The highest BCUT2D eigenvalue weighted by molar-refractivity contribution is 5.85. The standard InChI is InChI=1S/C19H25NO/c1-14(2)20(12-15-10-11-15)13-19(21)18-9-5-7-16-6-3-4-8-17(16)18/h3-9,14-15,19,21H,10-13H2,1-2H3. The first kappa shape index (κ1) is 14.6. The molecule has 1 aliphatic rings. The third kappa shape index (κ3) is 3.45. The average molecular weight is 283 g/mol. The van der Waals surface area contributed by atoms with E-state index < -0.39 is 6.10 Å². The average Bonchev–Trinajstić information content (AvgIpc) is 3.29. The van der Waals surface area contributed by atoms with Crippen LogP contribution in [0.25, 0.3) is 10.8 Å². The van der Waals surface area contributed by atoms with Crippen molar-refractivity contribution in [1.82, 2.24) is 4.90 Å². The first-order valence-corrected chi connectivity index (χ1v) is 8.05. The lowest BCUT2D eigenvalue weighted by Crippen LogP contribution is -2.36. The van der Waals surface area contributed by atoms with Crippen molar-refractivity contribution in [3.63, 3.8) is 0 Å². The molecule has 2 nitrogen and oxygen atoms in total. The summed E-state index contributed by atoms with van der Waals surface area (Å²) in [5.74, 6) is 0.854. The van der Waals surface area contributed by atoms with Gasteiger partial charge in [0.15, 0.2) is 0 Å². The smallest absolute Gasteiger partial charge is 0.0923 e. The molecule has 112 valence electrons. The van der Waals surface area contributed by atoms with Crippen LogP contribution in [0.5, 0.6) is 0 Å². The number of hydrogen-bond donors (Lipinski definition) is 1. The van der Waals surface area contributed by atoms with E-state index in [1.165, 1.54) is 23.6 Å². The van der Waals surface area contributed by atoms with Crippen LogP contribution >= 0.6 is 0 Å². The predicted octanol–water partition coefficient (Wildman–Crippen LogP) is 3.99. The monoisotopic (exact) mass is 283 g/mol. The van der Waals surface area contributed by atoms with Gasteiger partial charge < -0.3 is 5.11 Å². The summed E-state index contributed by atoms with van der Waals surface area (Å²) in [6.07, 6.45) is 2.29. The van der Waals surface area contributed by atoms with Gasteiger partial charge in [0.25, 0.3) is 0 Å². The number of fused-ring (bicyclic) bond motifs is 1. The van der Waals surface area contributed by atoms with Crippen LogP contribution < -0.4 is 0 Å². The van der Waals surface area contributed by atoms with E-state index in [1.54, 1.807) is 0 Å². The van der Waals surface area contributed by atoms with Crippen LogP contribution in [-0.4, -0.2) is 29.1 Å². The van der Waals surface area contributed by atoms with Crippen molar-refractivity contribution >= 4 is 10.8 Å². The third-order valence-electron chi connectivity index (χ3n) is 4.51. The second kappa shape index (κ2) is 6.17. The molecule has 1 N–H and O–H groups in total. The maximum Gasteiger partial charge on any atom is 0.0923 e. The number of aliphatic hydroxyl groups excluding tert-OH is 1. The molecule has 1 saturated carbocycles. The van der Waals surface area contributed by atoms with Gasteiger partial charge in [-0.05, 0) is 48.9 Å². The number of aliphatic hydroxyl groups is 1. The summed E-state index contributed by atoms with van der Waals surface area (Å²) in [6.45, 7) is 6.29. The molecule has 1 fully saturated rings. The number of nitrogens with zero attached hydrogens (tertiary/aromatic N) is 1. The van der Waals surface area contributed by atoms with Crippen molar-refractivity contribution < 1.29 is 5.11 Å². The Balaban J connectivity index is 1.80. The lowest BCUT2D eigenvalue weighted by molar-refractivity contribution is 0.0933. The van der Waals surface area contributed by atoms with Gasteiger partial charge in [0.1, 0.15) is 0 Å². The molecule has 21 heavy (non-hydrogen) atoms. The zero-order valence-electron chi connectivity index (χ0n) is 13.0. The molecule has 0 bridgehead atoms. The highest BCUT2D eigenvalue weighted by atomic mass is 16.3. The number of hydrogen-bond acceptors (Lipinski definition) is 2. The molecular formula is C19H25NO. The number of benzene rings is 2. The molecule has 0 spiro atoms. The van der Waals surface area contributed by atoms with E-state index in [0.717, 1.165) is 24.6 Å². The van der Waals surface area contributed by atoms with E-state index in [2.05, 4.69) is 43.0 Å². The molecule has 2 heteroatoms. The molecule has 0 saturated heterocycles. The summed E-state index contributed by atoms with van der Waals surface area (Å²) in [4.78, 5) is 2.42. The summed E-state index contributed by atoms with van der Waals surface area (Å²) >= 11 is 0. The van der Waals surface area contributed by atoms with Gasteiger partial charge in [-0.15, -0.1) is 0 Å². The first-order valence-electron chi connectivity index (χ1n) is 8.05. The van der Waals surface area contributed by atoms with Crippen LogP contribution in [0, 0.1) is 5.92 Å². The predicted molar refractivity (Wildman–Crippen MR) is 88.3 cm³/mol. The Labute approximate surface area is 127 Å². The lowest BCUT2D eigenvalue weighted by Gasteiger charge is -2.29. The Morgan fingerprint density at radius 2 is 1.81 bits per heavy atom. The summed E-state index contributed by atoms with van der Waals surface area (Å²) in [5.41, 5.74) is 1.05. The van der Waals surface area contributed by atoms with Crippen LogP contribution in [-0.2, 0) is 0 Å². The molecule has 2 aromatic carbocycles. The lowest BCUT2D eigenvalue weighted by atomic mass is 10.00. The first-order chi connectivity index (χ1) is 10.1. The molecule has 0 heterocycles. The SMILES string of the molecule is CC(C)N(CC1CC1)CC(O)c1cccc2ccccc12. The van der Waals surface area contributed by atoms with Crippen LogP contribution in [0.4, 0.5) is 0 Å². The number of rotatable bonds is 6. The van der Waals surface area contributed by atoms with Gasteiger partial charge in [-0.1, -0.05) is 42.5 Å². The zero-order valence-corrected chi connectivity index (χ0v) is 13.0. The fourth-order valence-electron chi connectivity index (χ4n) is 2.99. The molecular weight excluding hydrogens is 258 g/mol. The van der Waals surface area contributed by atoms with Crippen molar-refractivity contribution in [1.29, 1.82) is 0 Å². The summed E-state index contributed by atoms with van der Waals surface area (Å²) in [5, 5.41) is 13.1. The van der Waals surface area contributed by atoms with E-state index >= 15 is 0 Å². The summed E-state index contributed by atoms with van der Waals surface area (Å²) in [6, 6.07) is 15.0. The molecule has 3 rings (SSSR count). The van der Waals surface area contributed by atoms with Crippen LogP contribution in [0.2, 0.25) is 0 Å².